The predicted molar refractivity (Wildman–Crippen MR) is 89.3 cm³/mol. The van der Waals surface area contributed by atoms with E-state index in [4.69, 9.17) is 0 Å². The van der Waals surface area contributed by atoms with Crippen LogP contribution in [-0.4, -0.2) is 21.8 Å². The number of rotatable bonds is 7. The van der Waals surface area contributed by atoms with Crippen LogP contribution in [0.15, 0.2) is 0 Å². The van der Waals surface area contributed by atoms with E-state index in [-0.39, 0.29) is 0 Å². The number of aromatic nitrogens is 2. The summed E-state index contributed by atoms with van der Waals surface area (Å²) in [4.78, 5) is 9.29. The first-order valence-electron chi connectivity index (χ1n) is 6.49. The molecule has 0 aliphatic heterocycles. The van der Waals surface area contributed by atoms with Crippen LogP contribution < -0.4 is 5.32 Å². The molecule has 1 N–H and O–H groups in total. The molecule has 0 amide bonds. The minimum Gasteiger partial charge on any atom is -0.369 e. The molecule has 0 unspecified atom stereocenters. The van der Waals surface area contributed by atoms with Crippen molar-refractivity contribution in [1.82, 2.24) is 9.97 Å². The van der Waals surface area contributed by atoms with Crippen molar-refractivity contribution in [2.24, 2.45) is 0 Å². The van der Waals surface area contributed by atoms with Gasteiger partial charge in [-0.15, -0.1) is 0 Å². The van der Waals surface area contributed by atoms with E-state index >= 15 is 0 Å². The minimum absolute atomic E-state index is 0.616. The maximum atomic E-state index is 4.65. The first-order chi connectivity index (χ1) is 8.58. The number of nitrogens with zero attached hydrogens (tertiary/aromatic N) is 2. The second kappa shape index (κ2) is 8.19. The van der Waals surface area contributed by atoms with E-state index in [0.717, 1.165) is 42.5 Å². The zero-order valence-corrected chi connectivity index (χ0v) is 14.6. The van der Waals surface area contributed by atoms with E-state index in [9.17, 15) is 0 Å². The highest BCUT2D eigenvalue weighted by Gasteiger charge is 2.11. The van der Waals surface area contributed by atoms with Crippen LogP contribution >= 0.6 is 34.4 Å². The summed E-state index contributed by atoms with van der Waals surface area (Å²) in [5, 5.41) is 4.01. The molecule has 0 fully saturated rings. The number of thioether (sulfide) groups is 1. The lowest BCUT2D eigenvalue weighted by Gasteiger charge is -2.12. The van der Waals surface area contributed by atoms with Crippen molar-refractivity contribution in [3.8, 4) is 0 Å². The Labute approximate surface area is 128 Å². The van der Waals surface area contributed by atoms with Gasteiger partial charge in [-0.05, 0) is 40.7 Å². The van der Waals surface area contributed by atoms with Crippen LogP contribution in [-0.2, 0) is 12.2 Å². The Kier molecular flexibility index (Phi) is 7.29. The van der Waals surface area contributed by atoms with Crippen LogP contribution in [0.2, 0.25) is 0 Å². The molecule has 1 aromatic heterocycles. The van der Waals surface area contributed by atoms with E-state index in [1.165, 1.54) is 3.57 Å². The molecule has 3 nitrogen and oxygen atoms in total. The fourth-order valence-electron chi connectivity index (χ4n) is 1.45. The summed E-state index contributed by atoms with van der Waals surface area (Å²) >= 11 is 4.23. The molecule has 1 heterocycles. The average Bonchev–Trinajstić information content (AvgIpc) is 2.35. The maximum absolute atomic E-state index is 4.65. The number of halogens is 1. The highest BCUT2D eigenvalue weighted by atomic mass is 127. The van der Waals surface area contributed by atoms with E-state index in [1.54, 1.807) is 0 Å². The van der Waals surface area contributed by atoms with Crippen molar-refractivity contribution in [1.29, 1.82) is 0 Å². The molecule has 0 bridgehead atoms. The monoisotopic (exact) mass is 379 g/mol. The quantitative estimate of drug-likeness (QED) is 0.724. The lowest BCUT2D eigenvalue weighted by atomic mass is 10.3. The number of anilines is 1. The number of hydrogen-bond donors (Lipinski definition) is 1. The molecule has 0 saturated carbocycles. The van der Waals surface area contributed by atoms with Gasteiger partial charge >= 0.3 is 0 Å². The molecule has 0 aromatic carbocycles. The van der Waals surface area contributed by atoms with Gasteiger partial charge in [0.15, 0.2) is 0 Å². The lowest BCUT2D eigenvalue weighted by molar-refractivity contribution is 0.904. The molecular formula is C13H22IN3S. The fraction of sp³-hybridized carbons (Fsp3) is 0.692. The average molecular weight is 379 g/mol. The van der Waals surface area contributed by atoms with E-state index in [0.29, 0.717) is 5.25 Å². The molecule has 0 aliphatic rings. The summed E-state index contributed by atoms with van der Waals surface area (Å²) in [6.45, 7) is 9.68. The summed E-state index contributed by atoms with van der Waals surface area (Å²) in [7, 11) is 0. The van der Waals surface area contributed by atoms with Gasteiger partial charge in [0.25, 0.3) is 0 Å². The Balaban J connectivity index is 2.90. The number of aryl methyl sites for hydroxylation is 1. The van der Waals surface area contributed by atoms with Crippen molar-refractivity contribution in [2.75, 3.05) is 11.9 Å². The zero-order valence-electron chi connectivity index (χ0n) is 11.6. The second-order valence-electron chi connectivity index (χ2n) is 4.39. The van der Waals surface area contributed by atoms with Crippen LogP contribution in [0.25, 0.3) is 0 Å². The summed E-state index contributed by atoms with van der Waals surface area (Å²) in [6.07, 6.45) is 2.07. The van der Waals surface area contributed by atoms with Gasteiger partial charge in [0, 0.05) is 6.54 Å². The second-order valence-corrected chi connectivity index (χ2v) is 7.03. The molecule has 18 heavy (non-hydrogen) atoms. The smallest absolute Gasteiger partial charge is 0.143 e. The molecule has 0 radical (unpaired) electrons. The number of nitrogens with one attached hydrogen (secondary N) is 1. The first-order valence-corrected chi connectivity index (χ1v) is 8.61. The summed E-state index contributed by atoms with van der Waals surface area (Å²) in [5.74, 6) is 2.84. The van der Waals surface area contributed by atoms with Crippen molar-refractivity contribution in [3.05, 3.63) is 15.1 Å². The van der Waals surface area contributed by atoms with Gasteiger partial charge in [0.2, 0.25) is 0 Å². The van der Waals surface area contributed by atoms with Gasteiger partial charge in [0.1, 0.15) is 11.6 Å². The Morgan fingerprint density at radius 1 is 1.28 bits per heavy atom. The van der Waals surface area contributed by atoms with Crippen LogP contribution in [0.5, 0.6) is 0 Å². The largest absolute Gasteiger partial charge is 0.369 e. The molecule has 102 valence electrons. The summed E-state index contributed by atoms with van der Waals surface area (Å²) in [6, 6.07) is 0. The Morgan fingerprint density at radius 3 is 2.56 bits per heavy atom. The van der Waals surface area contributed by atoms with E-state index in [1.807, 2.05) is 11.8 Å². The summed E-state index contributed by atoms with van der Waals surface area (Å²) in [5.41, 5.74) is 1.16. The fourth-order valence-corrected chi connectivity index (χ4v) is 2.87. The molecule has 1 rings (SSSR count). The summed E-state index contributed by atoms with van der Waals surface area (Å²) < 4.78 is 1.17. The molecule has 0 spiro atoms. The highest BCUT2D eigenvalue weighted by molar-refractivity contribution is 14.1. The topological polar surface area (TPSA) is 37.8 Å². The van der Waals surface area contributed by atoms with Gasteiger partial charge < -0.3 is 5.32 Å². The molecule has 0 aliphatic carbocycles. The Hall–Kier alpha value is -0.0400. The van der Waals surface area contributed by atoms with Crippen molar-refractivity contribution >= 4 is 40.2 Å². The van der Waals surface area contributed by atoms with Crippen LogP contribution in [0.3, 0.4) is 0 Å². The van der Waals surface area contributed by atoms with Gasteiger partial charge in [0.05, 0.1) is 15.0 Å². The van der Waals surface area contributed by atoms with Gasteiger partial charge in [-0.3, -0.25) is 0 Å². The van der Waals surface area contributed by atoms with Crippen molar-refractivity contribution in [3.63, 3.8) is 0 Å². The van der Waals surface area contributed by atoms with E-state index in [2.05, 4.69) is 65.6 Å². The van der Waals surface area contributed by atoms with Crippen LogP contribution in [0.1, 0.15) is 45.6 Å². The maximum Gasteiger partial charge on any atom is 0.143 e. The van der Waals surface area contributed by atoms with Crippen molar-refractivity contribution < 1.29 is 0 Å². The van der Waals surface area contributed by atoms with Gasteiger partial charge in [-0.2, -0.15) is 11.8 Å². The molecule has 1 aromatic rings. The predicted octanol–water partition coefficient (Wildman–Crippen LogP) is 4.11. The molecular weight excluding hydrogens is 357 g/mol. The third kappa shape index (κ3) is 4.91. The van der Waals surface area contributed by atoms with E-state index < -0.39 is 0 Å². The third-order valence-corrected chi connectivity index (χ3v) is 4.61. The van der Waals surface area contributed by atoms with Crippen LogP contribution in [0.4, 0.5) is 5.82 Å². The standard InChI is InChI=1S/C13H22IN3S/c1-5-7-15-13-12(14)10(6-2)16-11(17-13)8-18-9(3)4/h9H,5-8H2,1-4H3,(H,15,16,17). The number of hydrogen-bond acceptors (Lipinski definition) is 4. The zero-order chi connectivity index (χ0) is 13.5. The first kappa shape index (κ1) is 16.0. The third-order valence-electron chi connectivity index (χ3n) is 2.39. The molecule has 5 heteroatoms. The molecule has 0 atom stereocenters. The van der Waals surface area contributed by atoms with Gasteiger partial charge in [-0.25, -0.2) is 9.97 Å². The van der Waals surface area contributed by atoms with Crippen LogP contribution in [0, 0.1) is 3.57 Å². The lowest BCUT2D eigenvalue weighted by Crippen LogP contribution is -2.10. The highest BCUT2D eigenvalue weighted by Crippen LogP contribution is 2.22. The SMILES string of the molecule is CCCNc1nc(CSC(C)C)nc(CC)c1I. The minimum atomic E-state index is 0.616. The van der Waals surface area contributed by atoms with Gasteiger partial charge in [-0.1, -0.05) is 27.7 Å². The Bertz CT molecular complexity index is 383. The van der Waals surface area contributed by atoms with Crippen molar-refractivity contribution in [2.45, 2.75) is 51.5 Å². The normalized spacial score (nSPS) is 11.0. The Morgan fingerprint density at radius 2 is 2.00 bits per heavy atom. The molecule has 0 saturated heterocycles.